The van der Waals surface area contributed by atoms with Gasteiger partial charge in [0.25, 0.3) is 0 Å². The molecule has 6 heteroatoms. The Hall–Kier alpha value is -1.82. The third kappa shape index (κ3) is 4.63. The lowest BCUT2D eigenvalue weighted by molar-refractivity contribution is 0.245. The SMILES string of the molecule is CN=C(NCC(C)N(C)C1CC1)N1CCN(c2ccc(F)cc2)CC1. The van der Waals surface area contributed by atoms with E-state index in [1.165, 1.54) is 25.0 Å². The van der Waals surface area contributed by atoms with Gasteiger partial charge in [0, 0.05) is 57.5 Å². The molecule has 1 saturated heterocycles. The van der Waals surface area contributed by atoms with Crippen LogP contribution in [0, 0.1) is 5.82 Å². The lowest BCUT2D eigenvalue weighted by Crippen LogP contribution is -2.54. The van der Waals surface area contributed by atoms with Crippen LogP contribution in [0.4, 0.5) is 10.1 Å². The highest BCUT2D eigenvalue weighted by Gasteiger charge is 2.29. The summed E-state index contributed by atoms with van der Waals surface area (Å²) in [6, 6.07) is 8.05. The van der Waals surface area contributed by atoms with Gasteiger partial charge in [0.05, 0.1) is 0 Å². The number of piperazine rings is 1. The van der Waals surface area contributed by atoms with E-state index in [9.17, 15) is 4.39 Å². The van der Waals surface area contributed by atoms with Crippen molar-refractivity contribution < 1.29 is 4.39 Å². The van der Waals surface area contributed by atoms with Gasteiger partial charge in [0.2, 0.25) is 0 Å². The fourth-order valence-electron chi connectivity index (χ4n) is 3.39. The van der Waals surface area contributed by atoms with Crippen LogP contribution >= 0.6 is 0 Å². The van der Waals surface area contributed by atoms with Crippen LogP contribution in [-0.2, 0) is 0 Å². The fourth-order valence-corrected chi connectivity index (χ4v) is 3.39. The summed E-state index contributed by atoms with van der Waals surface area (Å²) in [6.07, 6.45) is 2.67. The molecule has 1 aromatic rings. The van der Waals surface area contributed by atoms with Crippen molar-refractivity contribution in [3.63, 3.8) is 0 Å². The lowest BCUT2D eigenvalue weighted by Gasteiger charge is -2.38. The van der Waals surface area contributed by atoms with Gasteiger partial charge in [0.1, 0.15) is 5.82 Å². The molecule has 1 atom stereocenters. The first kappa shape index (κ1) is 18.0. The van der Waals surface area contributed by atoms with Crippen LogP contribution in [0.2, 0.25) is 0 Å². The third-order valence-electron chi connectivity index (χ3n) is 5.36. The quantitative estimate of drug-likeness (QED) is 0.653. The summed E-state index contributed by atoms with van der Waals surface area (Å²) in [5, 5.41) is 3.53. The Morgan fingerprint density at radius 2 is 1.88 bits per heavy atom. The van der Waals surface area contributed by atoms with Gasteiger partial charge in [-0.15, -0.1) is 0 Å². The molecule has 25 heavy (non-hydrogen) atoms. The van der Waals surface area contributed by atoms with E-state index in [-0.39, 0.29) is 5.82 Å². The molecule has 3 rings (SSSR count). The second-order valence-electron chi connectivity index (χ2n) is 7.12. The third-order valence-corrected chi connectivity index (χ3v) is 5.36. The Kier molecular flexibility index (Phi) is 5.78. The summed E-state index contributed by atoms with van der Waals surface area (Å²) in [7, 11) is 4.07. The number of halogens is 1. The highest BCUT2D eigenvalue weighted by molar-refractivity contribution is 5.80. The Bertz CT molecular complexity index is 576. The van der Waals surface area contributed by atoms with Gasteiger partial charge in [-0.3, -0.25) is 9.89 Å². The first-order valence-electron chi connectivity index (χ1n) is 9.26. The van der Waals surface area contributed by atoms with Crippen LogP contribution in [0.15, 0.2) is 29.3 Å². The predicted octanol–water partition coefficient (Wildman–Crippen LogP) is 2.01. The summed E-state index contributed by atoms with van der Waals surface area (Å²) < 4.78 is 13.1. The van der Waals surface area contributed by atoms with Gasteiger partial charge in [0.15, 0.2) is 5.96 Å². The topological polar surface area (TPSA) is 34.1 Å². The molecule has 1 saturated carbocycles. The molecule has 2 fully saturated rings. The first-order valence-corrected chi connectivity index (χ1v) is 9.26. The second kappa shape index (κ2) is 8.04. The van der Waals surface area contributed by atoms with E-state index in [1.54, 1.807) is 0 Å². The van der Waals surface area contributed by atoms with Crippen LogP contribution in [0.5, 0.6) is 0 Å². The van der Waals surface area contributed by atoms with E-state index in [2.05, 4.69) is 39.0 Å². The summed E-state index contributed by atoms with van der Waals surface area (Å²) in [6.45, 7) is 6.87. The monoisotopic (exact) mass is 347 g/mol. The first-order chi connectivity index (χ1) is 12.1. The minimum absolute atomic E-state index is 0.183. The van der Waals surface area contributed by atoms with Gasteiger partial charge in [-0.25, -0.2) is 4.39 Å². The van der Waals surface area contributed by atoms with Crippen molar-refractivity contribution in [2.45, 2.75) is 31.8 Å². The van der Waals surface area contributed by atoms with Crippen molar-refractivity contribution in [2.75, 3.05) is 51.7 Å². The molecule has 0 radical (unpaired) electrons. The summed E-state index contributed by atoms with van der Waals surface area (Å²) in [4.78, 5) is 11.5. The molecule has 138 valence electrons. The Morgan fingerprint density at radius 3 is 2.44 bits per heavy atom. The van der Waals surface area contributed by atoms with Gasteiger partial charge in [-0.1, -0.05) is 0 Å². The zero-order chi connectivity index (χ0) is 17.8. The second-order valence-corrected chi connectivity index (χ2v) is 7.12. The van der Waals surface area contributed by atoms with Crippen molar-refractivity contribution in [1.29, 1.82) is 0 Å². The van der Waals surface area contributed by atoms with Gasteiger partial charge < -0.3 is 15.1 Å². The van der Waals surface area contributed by atoms with Crippen LogP contribution in [0.3, 0.4) is 0 Å². The number of guanidine groups is 1. The molecule has 1 aliphatic heterocycles. The predicted molar refractivity (Wildman–Crippen MR) is 102 cm³/mol. The maximum atomic E-state index is 13.1. The summed E-state index contributed by atoms with van der Waals surface area (Å²) >= 11 is 0. The smallest absolute Gasteiger partial charge is 0.193 e. The van der Waals surface area contributed by atoms with E-state index in [0.717, 1.165) is 50.4 Å². The molecule has 1 aromatic carbocycles. The molecule has 5 nitrogen and oxygen atoms in total. The van der Waals surface area contributed by atoms with Crippen molar-refractivity contribution in [3.05, 3.63) is 30.1 Å². The molecule has 0 spiro atoms. The van der Waals surface area contributed by atoms with Crippen molar-refractivity contribution in [2.24, 2.45) is 4.99 Å². The highest BCUT2D eigenvalue weighted by atomic mass is 19.1. The highest BCUT2D eigenvalue weighted by Crippen LogP contribution is 2.26. The van der Waals surface area contributed by atoms with Crippen LogP contribution in [0.25, 0.3) is 0 Å². The molecule has 0 amide bonds. The number of nitrogens with one attached hydrogen (secondary N) is 1. The van der Waals surface area contributed by atoms with E-state index in [0.29, 0.717) is 6.04 Å². The number of anilines is 1. The molecule has 1 aliphatic carbocycles. The van der Waals surface area contributed by atoms with E-state index >= 15 is 0 Å². The fraction of sp³-hybridized carbons (Fsp3) is 0.632. The summed E-state index contributed by atoms with van der Waals surface area (Å²) in [5.41, 5.74) is 1.09. The normalized spacial score (nSPS) is 20.1. The Labute approximate surface area is 150 Å². The zero-order valence-corrected chi connectivity index (χ0v) is 15.6. The maximum absolute atomic E-state index is 13.1. The number of hydrogen-bond donors (Lipinski definition) is 1. The Morgan fingerprint density at radius 1 is 1.24 bits per heavy atom. The average Bonchev–Trinajstić information content (AvgIpc) is 3.48. The lowest BCUT2D eigenvalue weighted by atomic mass is 10.2. The molecule has 2 aliphatic rings. The number of hydrogen-bond acceptors (Lipinski definition) is 3. The number of nitrogens with zero attached hydrogens (tertiary/aromatic N) is 4. The molecular formula is C19H30FN5. The number of likely N-dealkylation sites (N-methyl/N-ethyl adjacent to an activating group) is 1. The van der Waals surface area contributed by atoms with Crippen LogP contribution in [-0.4, -0.2) is 74.7 Å². The number of aliphatic imine (C=N–C) groups is 1. The van der Waals surface area contributed by atoms with Crippen LogP contribution in [0.1, 0.15) is 19.8 Å². The number of rotatable bonds is 5. The minimum atomic E-state index is -0.183. The van der Waals surface area contributed by atoms with E-state index < -0.39 is 0 Å². The molecule has 0 aromatic heterocycles. The number of benzene rings is 1. The van der Waals surface area contributed by atoms with Crippen molar-refractivity contribution >= 4 is 11.6 Å². The van der Waals surface area contributed by atoms with Crippen LogP contribution < -0.4 is 10.2 Å². The standard InChI is InChI=1S/C19H30FN5/c1-15(23(3)17-8-9-17)14-22-19(21-2)25-12-10-24(11-13-25)18-6-4-16(20)5-7-18/h4-7,15,17H,8-14H2,1-3H3,(H,21,22). The van der Waals surface area contributed by atoms with E-state index in [4.69, 9.17) is 0 Å². The molecule has 1 heterocycles. The average molecular weight is 347 g/mol. The minimum Gasteiger partial charge on any atom is -0.368 e. The van der Waals surface area contributed by atoms with Gasteiger partial charge >= 0.3 is 0 Å². The molecule has 1 N–H and O–H groups in total. The molecular weight excluding hydrogens is 317 g/mol. The van der Waals surface area contributed by atoms with Gasteiger partial charge in [-0.05, 0) is 51.1 Å². The largest absolute Gasteiger partial charge is 0.368 e. The zero-order valence-electron chi connectivity index (χ0n) is 15.6. The summed E-state index contributed by atoms with van der Waals surface area (Å²) in [5.74, 6) is 0.798. The van der Waals surface area contributed by atoms with Crippen molar-refractivity contribution in [1.82, 2.24) is 15.1 Å². The maximum Gasteiger partial charge on any atom is 0.193 e. The molecule has 1 unspecified atom stereocenters. The Balaban J connectivity index is 1.47. The van der Waals surface area contributed by atoms with Crippen molar-refractivity contribution in [3.8, 4) is 0 Å². The van der Waals surface area contributed by atoms with E-state index in [1.807, 2.05) is 19.2 Å². The van der Waals surface area contributed by atoms with Gasteiger partial charge in [-0.2, -0.15) is 0 Å². The molecule has 0 bridgehead atoms.